The summed E-state index contributed by atoms with van der Waals surface area (Å²) in [7, 11) is 0. The number of benzene rings is 2. The van der Waals surface area contributed by atoms with Crippen LogP contribution in [0, 0.1) is 13.8 Å². The number of imide groups is 1. The maximum absolute atomic E-state index is 12.4. The molecular formula is C22H18N2O6. The van der Waals surface area contributed by atoms with E-state index in [4.69, 9.17) is 14.0 Å². The van der Waals surface area contributed by atoms with Gasteiger partial charge in [0.2, 0.25) is 0 Å². The first-order valence-electron chi connectivity index (χ1n) is 9.22. The van der Waals surface area contributed by atoms with Crippen LogP contribution in [0.4, 0.5) is 0 Å². The van der Waals surface area contributed by atoms with E-state index in [1.807, 2.05) is 6.92 Å². The van der Waals surface area contributed by atoms with Crippen LogP contribution >= 0.6 is 0 Å². The van der Waals surface area contributed by atoms with Gasteiger partial charge in [0.15, 0.2) is 6.73 Å². The number of aryl methyl sites for hydroxylation is 2. The lowest BCUT2D eigenvalue weighted by Crippen LogP contribution is -2.33. The molecule has 1 aliphatic rings. The number of carbonyl (C=O) groups excluding carboxylic acids is 3. The third-order valence-corrected chi connectivity index (χ3v) is 4.84. The largest absolute Gasteiger partial charge is 0.489 e. The fourth-order valence-corrected chi connectivity index (χ4v) is 3.14. The fraction of sp³-hybridized carbons (Fsp3) is 0.182. The molecule has 1 aromatic heterocycles. The quantitative estimate of drug-likeness (QED) is 0.457. The monoisotopic (exact) mass is 406 g/mol. The number of amides is 2. The molecule has 0 saturated heterocycles. The summed E-state index contributed by atoms with van der Waals surface area (Å²) in [5, 5.41) is 3.87. The van der Waals surface area contributed by atoms with Crippen LogP contribution in [0.3, 0.4) is 0 Å². The first-order chi connectivity index (χ1) is 14.5. The molecule has 30 heavy (non-hydrogen) atoms. The molecule has 8 nitrogen and oxygen atoms in total. The molecule has 0 fully saturated rings. The number of rotatable bonds is 6. The molecule has 2 aromatic carbocycles. The van der Waals surface area contributed by atoms with Crippen LogP contribution in [0.15, 0.2) is 53.1 Å². The van der Waals surface area contributed by atoms with Gasteiger partial charge >= 0.3 is 5.97 Å². The number of fused-ring (bicyclic) bond motifs is 1. The van der Waals surface area contributed by atoms with Gasteiger partial charge in [-0.15, -0.1) is 0 Å². The van der Waals surface area contributed by atoms with Crippen LogP contribution < -0.4 is 4.74 Å². The maximum atomic E-state index is 12.4. The standard InChI is InChI=1S/C22H18N2O6/c1-13-19(14(2)30-23-13)11-28-16-7-5-6-15(10-16)22(27)29-12-24-20(25)17-8-3-4-9-18(17)21(24)26/h3-10H,11-12H2,1-2H3. The first-order valence-corrected chi connectivity index (χ1v) is 9.22. The number of nitrogens with zero attached hydrogens (tertiary/aromatic N) is 2. The van der Waals surface area contributed by atoms with E-state index in [0.717, 1.165) is 16.2 Å². The fourth-order valence-electron chi connectivity index (χ4n) is 3.14. The summed E-state index contributed by atoms with van der Waals surface area (Å²) < 4.78 is 16.0. The Morgan fingerprint density at radius 3 is 2.37 bits per heavy atom. The zero-order valence-corrected chi connectivity index (χ0v) is 16.4. The van der Waals surface area contributed by atoms with Crippen LogP contribution in [-0.2, 0) is 11.3 Å². The Bertz CT molecular complexity index is 1100. The molecule has 0 bridgehead atoms. The highest BCUT2D eigenvalue weighted by Crippen LogP contribution is 2.23. The Kier molecular flexibility index (Phi) is 5.05. The Hall–Kier alpha value is -3.94. The van der Waals surface area contributed by atoms with Crippen molar-refractivity contribution in [3.63, 3.8) is 0 Å². The van der Waals surface area contributed by atoms with Gasteiger partial charge in [-0.1, -0.05) is 23.4 Å². The highest BCUT2D eigenvalue weighted by Gasteiger charge is 2.35. The number of aromatic nitrogens is 1. The zero-order chi connectivity index (χ0) is 21.3. The lowest BCUT2D eigenvalue weighted by molar-refractivity contribution is 0.0227. The topological polar surface area (TPSA) is 98.9 Å². The Morgan fingerprint density at radius 2 is 1.73 bits per heavy atom. The molecule has 2 amide bonds. The summed E-state index contributed by atoms with van der Waals surface area (Å²) in [5.74, 6) is -0.511. The number of esters is 1. The van der Waals surface area contributed by atoms with Crippen molar-refractivity contribution in [2.75, 3.05) is 6.73 Å². The molecule has 4 rings (SSSR count). The highest BCUT2D eigenvalue weighted by molar-refractivity contribution is 6.21. The minimum Gasteiger partial charge on any atom is -0.489 e. The van der Waals surface area contributed by atoms with E-state index in [1.165, 1.54) is 6.07 Å². The average molecular weight is 406 g/mol. The van der Waals surface area contributed by atoms with E-state index < -0.39 is 24.5 Å². The molecule has 152 valence electrons. The lowest BCUT2D eigenvalue weighted by atomic mass is 10.1. The number of hydrogen-bond donors (Lipinski definition) is 0. The number of carbonyl (C=O) groups is 3. The predicted molar refractivity (Wildman–Crippen MR) is 104 cm³/mol. The second-order valence-corrected chi connectivity index (χ2v) is 6.76. The molecule has 0 saturated carbocycles. The third kappa shape index (κ3) is 3.55. The molecule has 0 radical (unpaired) electrons. The van der Waals surface area contributed by atoms with Gasteiger partial charge in [-0.3, -0.25) is 9.59 Å². The van der Waals surface area contributed by atoms with Gasteiger partial charge in [-0.05, 0) is 44.2 Å². The van der Waals surface area contributed by atoms with Gasteiger partial charge in [0, 0.05) is 0 Å². The molecule has 3 aromatic rings. The van der Waals surface area contributed by atoms with E-state index in [2.05, 4.69) is 5.16 Å². The molecule has 8 heteroatoms. The van der Waals surface area contributed by atoms with Gasteiger partial charge in [-0.2, -0.15) is 0 Å². The smallest absolute Gasteiger partial charge is 0.340 e. The van der Waals surface area contributed by atoms with E-state index in [-0.39, 0.29) is 12.2 Å². The van der Waals surface area contributed by atoms with Crippen molar-refractivity contribution in [1.29, 1.82) is 0 Å². The Morgan fingerprint density at radius 1 is 1.03 bits per heavy atom. The predicted octanol–water partition coefficient (Wildman–Crippen LogP) is 3.28. The first kappa shape index (κ1) is 19.4. The van der Waals surface area contributed by atoms with E-state index >= 15 is 0 Å². The summed E-state index contributed by atoms with van der Waals surface area (Å²) in [5.41, 5.74) is 2.42. The minimum absolute atomic E-state index is 0.239. The van der Waals surface area contributed by atoms with Gasteiger partial charge in [0.25, 0.3) is 11.8 Å². The van der Waals surface area contributed by atoms with Gasteiger partial charge in [0.1, 0.15) is 18.1 Å². The number of ether oxygens (including phenoxy) is 2. The third-order valence-electron chi connectivity index (χ3n) is 4.84. The minimum atomic E-state index is -0.672. The Balaban J connectivity index is 1.39. The van der Waals surface area contributed by atoms with E-state index in [0.29, 0.717) is 22.6 Å². The zero-order valence-electron chi connectivity index (χ0n) is 16.4. The van der Waals surface area contributed by atoms with Crippen LogP contribution in [0.5, 0.6) is 5.75 Å². The van der Waals surface area contributed by atoms with Crippen molar-refractivity contribution in [3.05, 3.63) is 82.2 Å². The lowest BCUT2D eigenvalue weighted by Gasteiger charge is -2.14. The molecule has 0 N–H and O–H groups in total. The van der Waals surface area contributed by atoms with Crippen LogP contribution in [-0.4, -0.2) is 34.6 Å². The molecular weight excluding hydrogens is 388 g/mol. The van der Waals surface area contributed by atoms with Crippen molar-refractivity contribution in [1.82, 2.24) is 10.1 Å². The maximum Gasteiger partial charge on any atom is 0.340 e. The SMILES string of the molecule is Cc1noc(C)c1COc1cccc(C(=O)OCN2C(=O)c3ccccc3C2=O)c1. The normalized spacial score (nSPS) is 12.8. The Labute approximate surface area is 172 Å². The highest BCUT2D eigenvalue weighted by atomic mass is 16.5. The van der Waals surface area contributed by atoms with E-state index in [9.17, 15) is 14.4 Å². The second-order valence-electron chi connectivity index (χ2n) is 6.76. The van der Waals surface area contributed by atoms with Gasteiger partial charge < -0.3 is 14.0 Å². The van der Waals surface area contributed by atoms with Crippen molar-refractivity contribution < 1.29 is 28.4 Å². The van der Waals surface area contributed by atoms with Gasteiger partial charge in [-0.25, -0.2) is 9.69 Å². The molecule has 1 aliphatic heterocycles. The van der Waals surface area contributed by atoms with Crippen molar-refractivity contribution in [3.8, 4) is 5.75 Å². The molecule has 0 spiro atoms. The molecule has 0 unspecified atom stereocenters. The van der Waals surface area contributed by atoms with Crippen LogP contribution in [0.2, 0.25) is 0 Å². The average Bonchev–Trinajstić information content (AvgIpc) is 3.21. The summed E-state index contributed by atoms with van der Waals surface area (Å²) in [4.78, 5) is 38.0. The van der Waals surface area contributed by atoms with Crippen LogP contribution in [0.25, 0.3) is 0 Å². The van der Waals surface area contributed by atoms with Crippen LogP contribution in [0.1, 0.15) is 48.1 Å². The summed E-state index contributed by atoms with van der Waals surface area (Å²) in [6.07, 6.45) is 0. The molecule has 0 atom stereocenters. The summed E-state index contributed by atoms with van der Waals surface area (Å²) in [6.45, 7) is 3.40. The van der Waals surface area contributed by atoms with Crippen molar-refractivity contribution in [2.24, 2.45) is 0 Å². The van der Waals surface area contributed by atoms with Crippen molar-refractivity contribution in [2.45, 2.75) is 20.5 Å². The number of hydrogen-bond acceptors (Lipinski definition) is 7. The summed E-state index contributed by atoms with van der Waals surface area (Å²) >= 11 is 0. The van der Waals surface area contributed by atoms with Gasteiger partial charge in [0.05, 0.1) is 27.9 Å². The molecule has 0 aliphatic carbocycles. The second kappa shape index (κ2) is 7.82. The summed E-state index contributed by atoms with van der Waals surface area (Å²) in [6, 6.07) is 12.9. The molecule has 2 heterocycles. The van der Waals surface area contributed by atoms with E-state index in [1.54, 1.807) is 49.4 Å². The van der Waals surface area contributed by atoms with Crippen molar-refractivity contribution >= 4 is 17.8 Å².